The van der Waals surface area contributed by atoms with Gasteiger partial charge in [0, 0.05) is 18.7 Å². The summed E-state index contributed by atoms with van der Waals surface area (Å²) in [6.07, 6.45) is 0.528. The number of benzene rings is 2. The van der Waals surface area contributed by atoms with Gasteiger partial charge in [0.2, 0.25) is 0 Å². The van der Waals surface area contributed by atoms with E-state index in [1.165, 1.54) is 19.2 Å². The van der Waals surface area contributed by atoms with Crippen molar-refractivity contribution in [2.24, 2.45) is 0 Å². The highest BCUT2D eigenvalue weighted by Crippen LogP contribution is 2.21. The Bertz CT molecular complexity index is 805. The van der Waals surface area contributed by atoms with Crippen molar-refractivity contribution in [1.82, 2.24) is 5.32 Å². The van der Waals surface area contributed by atoms with Gasteiger partial charge in [0.25, 0.3) is 11.6 Å². The fraction of sp³-hybridized carbons (Fsp3) is 0.176. The highest BCUT2D eigenvalue weighted by atomic mass is 35.5. The number of non-ortho nitro benzene ring substituents is 1. The molecule has 2 aromatic carbocycles. The van der Waals surface area contributed by atoms with E-state index in [-0.39, 0.29) is 16.3 Å². The Morgan fingerprint density at radius 1 is 1.20 bits per heavy atom. The lowest BCUT2D eigenvalue weighted by molar-refractivity contribution is -0.384. The topological polar surface area (TPSA) is 98.5 Å². The molecule has 8 heteroatoms. The number of nitrogens with one attached hydrogen (secondary N) is 1. The minimum atomic E-state index is -0.587. The molecular formula is C17H15ClN2O5. The summed E-state index contributed by atoms with van der Waals surface area (Å²) in [5.74, 6) is -0.903. The van der Waals surface area contributed by atoms with Gasteiger partial charge in [-0.3, -0.25) is 14.9 Å². The van der Waals surface area contributed by atoms with Gasteiger partial charge in [-0.05, 0) is 30.2 Å². The zero-order valence-corrected chi connectivity index (χ0v) is 14.1. The quantitative estimate of drug-likeness (QED) is 0.484. The second-order valence-corrected chi connectivity index (χ2v) is 5.52. The molecule has 2 aromatic rings. The SMILES string of the molecule is COC(=O)c1ccc(CCNC(=O)c2cc([N+](=O)[O-])ccc2Cl)cc1. The van der Waals surface area contributed by atoms with Crippen molar-refractivity contribution in [3.8, 4) is 0 Å². The first-order chi connectivity index (χ1) is 11.9. The number of methoxy groups -OCH3 is 1. The first kappa shape index (κ1) is 18.4. The highest BCUT2D eigenvalue weighted by molar-refractivity contribution is 6.33. The molecule has 0 saturated carbocycles. The Morgan fingerprint density at radius 3 is 2.48 bits per heavy atom. The molecule has 0 atom stereocenters. The molecule has 0 heterocycles. The van der Waals surface area contributed by atoms with E-state index in [2.05, 4.69) is 10.1 Å². The Morgan fingerprint density at radius 2 is 1.88 bits per heavy atom. The molecule has 130 valence electrons. The molecule has 0 aliphatic heterocycles. The number of carbonyl (C=O) groups is 2. The van der Waals surface area contributed by atoms with Crippen molar-refractivity contribution < 1.29 is 19.2 Å². The standard InChI is InChI=1S/C17H15ClN2O5/c1-25-17(22)12-4-2-11(3-5-12)8-9-19-16(21)14-10-13(20(23)24)6-7-15(14)18/h2-7,10H,8-9H2,1H3,(H,19,21). The number of nitro groups is 1. The van der Waals surface area contributed by atoms with E-state index in [4.69, 9.17) is 11.6 Å². The summed E-state index contributed by atoms with van der Waals surface area (Å²) in [5.41, 5.74) is 1.21. The van der Waals surface area contributed by atoms with Crippen molar-refractivity contribution in [3.05, 3.63) is 74.3 Å². The molecule has 2 rings (SSSR count). The average Bonchev–Trinajstić information content (AvgIpc) is 2.61. The molecule has 1 amide bonds. The van der Waals surface area contributed by atoms with Crippen LogP contribution in [-0.2, 0) is 11.2 Å². The second-order valence-electron chi connectivity index (χ2n) is 5.12. The molecule has 7 nitrogen and oxygen atoms in total. The maximum Gasteiger partial charge on any atom is 0.337 e. The number of hydrogen-bond donors (Lipinski definition) is 1. The van der Waals surface area contributed by atoms with Crippen molar-refractivity contribution in [2.45, 2.75) is 6.42 Å². The van der Waals surface area contributed by atoms with E-state index in [9.17, 15) is 19.7 Å². The number of nitro benzene ring substituents is 1. The molecule has 0 aromatic heterocycles. The minimum Gasteiger partial charge on any atom is -0.465 e. The van der Waals surface area contributed by atoms with E-state index in [1.54, 1.807) is 24.3 Å². The number of nitrogens with zero attached hydrogens (tertiary/aromatic N) is 1. The average molecular weight is 363 g/mol. The van der Waals surface area contributed by atoms with Crippen LogP contribution in [0.5, 0.6) is 0 Å². The van der Waals surface area contributed by atoms with Crippen LogP contribution in [0.4, 0.5) is 5.69 Å². The summed E-state index contributed by atoms with van der Waals surface area (Å²) in [7, 11) is 1.31. The first-order valence-electron chi connectivity index (χ1n) is 7.31. The molecule has 0 radical (unpaired) electrons. The molecule has 1 N–H and O–H groups in total. The van der Waals surface area contributed by atoms with Gasteiger partial charge in [-0.15, -0.1) is 0 Å². The zero-order valence-electron chi connectivity index (χ0n) is 13.3. The lowest BCUT2D eigenvalue weighted by Gasteiger charge is -2.07. The Labute approximate surface area is 148 Å². The van der Waals surface area contributed by atoms with Gasteiger partial charge in [0.05, 0.1) is 28.2 Å². The third-order valence-corrected chi connectivity index (χ3v) is 3.81. The third-order valence-electron chi connectivity index (χ3n) is 3.48. The van der Waals surface area contributed by atoms with E-state index < -0.39 is 16.8 Å². The molecule has 0 aliphatic carbocycles. The lowest BCUT2D eigenvalue weighted by atomic mass is 10.1. The predicted molar refractivity (Wildman–Crippen MR) is 91.9 cm³/mol. The molecule has 0 spiro atoms. The molecule has 0 bridgehead atoms. The summed E-state index contributed by atoms with van der Waals surface area (Å²) >= 11 is 5.93. The van der Waals surface area contributed by atoms with Crippen molar-refractivity contribution >= 4 is 29.2 Å². The molecular weight excluding hydrogens is 348 g/mol. The largest absolute Gasteiger partial charge is 0.465 e. The molecule has 0 fully saturated rings. The smallest absolute Gasteiger partial charge is 0.337 e. The summed E-state index contributed by atoms with van der Waals surface area (Å²) < 4.78 is 4.62. The van der Waals surface area contributed by atoms with Crippen LogP contribution < -0.4 is 5.32 Å². The first-order valence-corrected chi connectivity index (χ1v) is 7.69. The fourth-order valence-corrected chi connectivity index (χ4v) is 2.35. The number of carbonyl (C=O) groups excluding carboxylic acids is 2. The van der Waals surface area contributed by atoms with Crippen LogP contribution >= 0.6 is 11.6 Å². The van der Waals surface area contributed by atoms with Crippen LogP contribution in [0.1, 0.15) is 26.3 Å². The molecule has 0 saturated heterocycles. The van der Waals surface area contributed by atoms with Gasteiger partial charge in [-0.2, -0.15) is 0 Å². The van der Waals surface area contributed by atoms with E-state index in [1.807, 2.05) is 0 Å². The van der Waals surface area contributed by atoms with Crippen LogP contribution in [0.3, 0.4) is 0 Å². The number of halogens is 1. The van der Waals surface area contributed by atoms with E-state index >= 15 is 0 Å². The van der Waals surface area contributed by atoms with Crippen molar-refractivity contribution in [2.75, 3.05) is 13.7 Å². The van der Waals surface area contributed by atoms with Gasteiger partial charge in [-0.1, -0.05) is 23.7 Å². The number of esters is 1. The minimum absolute atomic E-state index is 0.0527. The third kappa shape index (κ3) is 4.77. The number of ether oxygens (including phenoxy) is 1. The van der Waals surface area contributed by atoms with Crippen LogP contribution in [-0.4, -0.2) is 30.5 Å². The van der Waals surface area contributed by atoms with E-state index in [0.29, 0.717) is 18.5 Å². The van der Waals surface area contributed by atoms with E-state index in [0.717, 1.165) is 11.6 Å². The summed E-state index contributed by atoms with van der Waals surface area (Å²) in [6, 6.07) is 10.5. The number of hydrogen-bond acceptors (Lipinski definition) is 5. The molecule has 0 unspecified atom stereocenters. The van der Waals surface area contributed by atoms with Crippen LogP contribution in [0.2, 0.25) is 5.02 Å². The summed E-state index contributed by atoms with van der Waals surface area (Å²) in [5, 5.41) is 13.6. The maximum atomic E-state index is 12.1. The zero-order chi connectivity index (χ0) is 18.4. The van der Waals surface area contributed by atoms with Gasteiger partial charge >= 0.3 is 5.97 Å². The molecule has 25 heavy (non-hydrogen) atoms. The van der Waals surface area contributed by atoms with Gasteiger partial charge in [0.15, 0.2) is 0 Å². The maximum absolute atomic E-state index is 12.1. The Balaban J connectivity index is 1.95. The Kier molecular flexibility index (Phi) is 6.08. The Hall–Kier alpha value is -2.93. The predicted octanol–water partition coefficient (Wildman–Crippen LogP) is 3.01. The lowest BCUT2D eigenvalue weighted by Crippen LogP contribution is -2.26. The van der Waals surface area contributed by atoms with Crippen LogP contribution in [0.25, 0.3) is 0 Å². The van der Waals surface area contributed by atoms with Crippen LogP contribution in [0, 0.1) is 10.1 Å². The van der Waals surface area contributed by atoms with Gasteiger partial charge in [-0.25, -0.2) is 4.79 Å². The fourth-order valence-electron chi connectivity index (χ4n) is 2.14. The monoisotopic (exact) mass is 362 g/mol. The molecule has 0 aliphatic rings. The highest BCUT2D eigenvalue weighted by Gasteiger charge is 2.15. The van der Waals surface area contributed by atoms with Crippen LogP contribution in [0.15, 0.2) is 42.5 Å². The number of rotatable bonds is 6. The number of amides is 1. The van der Waals surface area contributed by atoms with Crippen molar-refractivity contribution in [3.63, 3.8) is 0 Å². The van der Waals surface area contributed by atoms with Gasteiger partial charge < -0.3 is 10.1 Å². The summed E-state index contributed by atoms with van der Waals surface area (Å²) in [6.45, 7) is 0.315. The normalized spacial score (nSPS) is 10.2. The summed E-state index contributed by atoms with van der Waals surface area (Å²) in [4.78, 5) is 33.7. The van der Waals surface area contributed by atoms with Gasteiger partial charge in [0.1, 0.15) is 0 Å². The van der Waals surface area contributed by atoms with Crippen molar-refractivity contribution in [1.29, 1.82) is 0 Å². The second kappa shape index (κ2) is 8.25.